The van der Waals surface area contributed by atoms with Crippen LogP contribution < -0.4 is 5.32 Å². The van der Waals surface area contributed by atoms with Crippen LogP contribution in [0.2, 0.25) is 0 Å². The molecule has 4 heteroatoms. The summed E-state index contributed by atoms with van der Waals surface area (Å²) in [7, 11) is 0. The summed E-state index contributed by atoms with van der Waals surface area (Å²) in [6, 6.07) is 17.2. The average molecular weight is 329 g/mol. The quantitative estimate of drug-likeness (QED) is 0.666. The lowest BCUT2D eigenvalue weighted by molar-refractivity contribution is 0.875. The maximum atomic E-state index is 4.72. The second-order valence-corrected chi connectivity index (χ2v) is 6.29. The first-order valence-corrected chi connectivity index (χ1v) is 8.07. The first kappa shape index (κ1) is 15.1. The number of hydrogen-bond acceptors (Lipinski definition) is 3. The molecular weight excluding hydrogens is 312 g/mol. The minimum Gasteiger partial charge on any atom is -0.346 e. The van der Waals surface area contributed by atoms with Gasteiger partial charge in [-0.2, -0.15) is 0 Å². The fourth-order valence-electron chi connectivity index (χ4n) is 3.04. The Hall–Kier alpha value is -1.84. The molecule has 0 bridgehead atoms. The Kier molecular flexibility index (Phi) is 4.19. The average Bonchev–Trinajstić information content (AvgIpc) is 2.92. The number of aryl methyl sites for hydroxylation is 1. The summed E-state index contributed by atoms with van der Waals surface area (Å²) in [5.74, 6) is 0. The Morgan fingerprint density at radius 3 is 2.73 bits per heavy atom. The van der Waals surface area contributed by atoms with Crippen molar-refractivity contribution in [3.63, 3.8) is 0 Å². The Balaban J connectivity index is 0.00000144. The van der Waals surface area contributed by atoms with E-state index in [1.54, 1.807) is 0 Å². The normalized spacial score (nSPS) is 16.0. The maximum Gasteiger partial charge on any atom is 0.113 e. The highest BCUT2D eigenvalue weighted by molar-refractivity contribution is 7.19. The van der Waals surface area contributed by atoms with Gasteiger partial charge in [-0.25, -0.2) is 0 Å². The van der Waals surface area contributed by atoms with E-state index in [9.17, 15) is 0 Å². The summed E-state index contributed by atoms with van der Waals surface area (Å²) in [6.07, 6.45) is 2.87. The number of thiophene rings is 1. The SMILES string of the molecule is CCc1c(C2N=CNc3ccccc32)sc2ccccc12.Cl. The van der Waals surface area contributed by atoms with Gasteiger partial charge in [0.25, 0.3) is 0 Å². The summed E-state index contributed by atoms with van der Waals surface area (Å²) >= 11 is 1.88. The molecule has 2 heterocycles. The van der Waals surface area contributed by atoms with Crippen LogP contribution in [-0.4, -0.2) is 6.34 Å². The van der Waals surface area contributed by atoms with E-state index in [1.165, 1.54) is 26.1 Å². The largest absolute Gasteiger partial charge is 0.346 e. The molecule has 1 aliphatic heterocycles. The predicted molar refractivity (Wildman–Crippen MR) is 98.9 cm³/mol. The Labute approximate surface area is 140 Å². The monoisotopic (exact) mass is 328 g/mol. The minimum absolute atomic E-state index is 0. The fraction of sp³-hybridized carbons (Fsp3) is 0.167. The highest BCUT2D eigenvalue weighted by Gasteiger charge is 2.24. The van der Waals surface area contributed by atoms with Crippen molar-refractivity contribution >= 4 is 45.9 Å². The zero-order valence-electron chi connectivity index (χ0n) is 12.2. The maximum absolute atomic E-state index is 4.72. The van der Waals surface area contributed by atoms with Gasteiger partial charge in [-0.1, -0.05) is 43.3 Å². The molecule has 0 saturated heterocycles. The number of nitrogens with one attached hydrogen (secondary N) is 1. The molecule has 1 aromatic heterocycles. The molecule has 0 saturated carbocycles. The van der Waals surface area contributed by atoms with Gasteiger partial charge in [0, 0.05) is 20.8 Å². The molecular formula is C18H17ClN2S. The van der Waals surface area contributed by atoms with Crippen LogP contribution in [0.5, 0.6) is 0 Å². The Bertz CT molecular complexity index is 838. The van der Waals surface area contributed by atoms with Gasteiger partial charge in [0.05, 0.1) is 6.34 Å². The number of rotatable bonds is 2. The van der Waals surface area contributed by atoms with Crippen LogP contribution in [0.25, 0.3) is 10.1 Å². The van der Waals surface area contributed by atoms with Crippen molar-refractivity contribution < 1.29 is 0 Å². The van der Waals surface area contributed by atoms with Crippen molar-refractivity contribution in [1.29, 1.82) is 0 Å². The van der Waals surface area contributed by atoms with Gasteiger partial charge in [-0.3, -0.25) is 4.99 Å². The highest BCUT2D eigenvalue weighted by atomic mass is 35.5. The smallest absolute Gasteiger partial charge is 0.113 e. The molecule has 1 unspecified atom stereocenters. The number of para-hydroxylation sites is 1. The first-order valence-electron chi connectivity index (χ1n) is 7.26. The zero-order valence-corrected chi connectivity index (χ0v) is 13.9. The van der Waals surface area contributed by atoms with Crippen molar-refractivity contribution in [2.45, 2.75) is 19.4 Å². The number of anilines is 1. The Morgan fingerprint density at radius 1 is 1.09 bits per heavy atom. The summed E-state index contributed by atoms with van der Waals surface area (Å²) < 4.78 is 1.36. The van der Waals surface area contributed by atoms with E-state index in [0.717, 1.165) is 12.1 Å². The van der Waals surface area contributed by atoms with Crippen LogP contribution in [0, 0.1) is 0 Å². The van der Waals surface area contributed by atoms with E-state index in [1.807, 2.05) is 17.7 Å². The topological polar surface area (TPSA) is 24.4 Å². The van der Waals surface area contributed by atoms with Crippen molar-refractivity contribution in [3.8, 4) is 0 Å². The molecule has 2 aromatic carbocycles. The summed E-state index contributed by atoms with van der Waals surface area (Å²) in [5, 5.41) is 4.63. The van der Waals surface area contributed by atoms with Gasteiger partial charge in [0.15, 0.2) is 0 Å². The van der Waals surface area contributed by atoms with E-state index in [-0.39, 0.29) is 18.4 Å². The molecule has 1 aliphatic rings. The second kappa shape index (κ2) is 6.11. The van der Waals surface area contributed by atoms with E-state index >= 15 is 0 Å². The fourth-order valence-corrected chi connectivity index (χ4v) is 4.40. The molecule has 2 nitrogen and oxygen atoms in total. The predicted octanol–water partition coefficient (Wildman–Crippen LogP) is 5.43. The van der Waals surface area contributed by atoms with E-state index in [2.05, 4.69) is 60.8 Å². The number of halogens is 1. The van der Waals surface area contributed by atoms with Crippen LogP contribution in [0.4, 0.5) is 5.69 Å². The van der Waals surface area contributed by atoms with E-state index < -0.39 is 0 Å². The lowest BCUT2D eigenvalue weighted by Crippen LogP contribution is -2.11. The molecule has 4 rings (SSSR count). The van der Waals surface area contributed by atoms with Crippen LogP contribution >= 0.6 is 23.7 Å². The Morgan fingerprint density at radius 2 is 1.86 bits per heavy atom. The summed E-state index contributed by atoms with van der Waals surface area (Å²) in [4.78, 5) is 6.10. The van der Waals surface area contributed by atoms with Crippen molar-refractivity contribution in [3.05, 3.63) is 64.5 Å². The third-order valence-electron chi connectivity index (χ3n) is 4.03. The number of hydrogen-bond donors (Lipinski definition) is 1. The van der Waals surface area contributed by atoms with Crippen LogP contribution in [-0.2, 0) is 6.42 Å². The van der Waals surface area contributed by atoms with Gasteiger partial charge in [0.1, 0.15) is 6.04 Å². The highest BCUT2D eigenvalue weighted by Crippen LogP contribution is 2.42. The third-order valence-corrected chi connectivity index (χ3v) is 5.30. The lowest BCUT2D eigenvalue weighted by Gasteiger charge is -2.21. The minimum atomic E-state index is 0. The number of benzene rings is 2. The van der Waals surface area contributed by atoms with E-state index in [0.29, 0.717) is 0 Å². The summed E-state index contributed by atoms with van der Waals surface area (Å²) in [6.45, 7) is 2.23. The molecule has 0 fully saturated rings. The van der Waals surface area contributed by atoms with Crippen molar-refractivity contribution in [1.82, 2.24) is 0 Å². The molecule has 0 spiro atoms. The van der Waals surface area contributed by atoms with Gasteiger partial charge in [0.2, 0.25) is 0 Å². The van der Waals surface area contributed by atoms with Crippen LogP contribution in [0.3, 0.4) is 0 Å². The summed E-state index contributed by atoms with van der Waals surface area (Å²) in [5.41, 5.74) is 3.87. The number of fused-ring (bicyclic) bond motifs is 2. The molecule has 0 radical (unpaired) electrons. The molecule has 22 heavy (non-hydrogen) atoms. The van der Waals surface area contributed by atoms with Crippen LogP contribution in [0.1, 0.15) is 29.0 Å². The molecule has 3 aromatic rings. The molecule has 0 amide bonds. The number of nitrogens with zero attached hydrogens (tertiary/aromatic N) is 1. The standard InChI is InChI=1S/C18H16N2S.ClH/c1-2-12-13-7-4-6-10-16(13)21-18(12)17-14-8-3-5-9-15(14)19-11-20-17;/h3-11,17H,2H2,1H3,(H,19,20);1H. The molecule has 0 aliphatic carbocycles. The first-order chi connectivity index (χ1) is 10.4. The van der Waals surface area contributed by atoms with Gasteiger partial charge in [-0.15, -0.1) is 23.7 Å². The number of aliphatic imine (C=N–C) groups is 1. The molecule has 1 N–H and O–H groups in total. The molecule has 1 atom stereocenters. The van der Waals surface area contributed by atoms with Crippen LogP contribution in [0.15, 0.2) is 53.5 Å². The third kappa shape index (κ3) is 2.31. The van der Waals surface area contributed by atoms with Gasteiger partial charge >= 0.3 is 0 Å². The lowest BCUT2D eigenvalue weighted by atomic mass is 9.97. The van der Waals surface area contributed by atoms with Crippen molar-refractivity contribution in [2.24, 2.45) is 4.99 Å². The van der Waals surface area contributed by atoms with Gasteiger partial charge in [-0.05, 0) is 29.5 Å². The van der Waals surface area contributed by atoms with Gasteiger partial charge < -0.3 is 5.32 Å². The van der Waals surface area contributed by atoms with Crippen molar-refractivity contribution in [2.75, 3.05) is 5.32 Å². The van der Waals surface area contributed by atoms with E-state index in [4.69, 9.17) is 4.99 Å². The zero-order chi connectivity index (χ0) is 14.2. The second-order valence-electron chi connectivity index (χ2n) is 5.21. The molecule has 112 valence electrons.